The first-order valence-corrected chi connectivity index (χ1v) is 8.06. The van der Waals surface area contributed by atoms with Gasteiger partial charge in [0.25, 0.3) is 0 Å². The highest BCUT2D eigenvalue weighted by Crippen LogP contribution is 2.26. The highest BCUT2D eigenvalue weighted by atomic mass is 16.2. The number of aryl methyl sites for hydroxylation is 1. The van der Waals surface area contributed by atoms with Gasteiger partial charge in [0, 0.05) is 25.6 Å². The predicted molar refractivity (Wildman–Crippen MR) is 87.0 cm³/mol. The van der Waals surface area contributed by atoms with Gasteiger partial charge in [-0.1, -0.05) is 38.1 Å². The van der Waals surface area contributed by atoms with E-state index in [2.05, 4.69) is 38.1 Å². The summed E-state index contributed by atoms with van der Waals surface area (Å²) < 4.78 is 0. The van der Waals surface area contributed by atoms with Gasteiger partial charge in [0.1, 0.15) is 0 Å². The van der Waals surface area contributed by atoms with Crippen LogP contribution in [0.2, 0.25) is 0 Å². The first-order chi connectivity index (χ1) is 9.99. The molecule has 21 heavy (non-hydrogen) atoms. The van der Waals surface area contributed by atoms with Crippen LogP contribution in [0.1, 0.15) is 37.8 Å². The maximum atomic E-state index is 12.6. The van der Waals surface area contributed by atoms with Crippen LogP contribution in [0.25, 0.3) is 0 Å². The Labute approximate surface area is 128 Å². The Kier molecular flexibility index (Phi) is 5.40. The lowest BCUT2D eigenvalue weighted by atomic mass is 9.83. The first-order valence-electron chi connectivity index (χ1n) is 8.06. The molecule has 116 valence electrons. The van der Waals surface area contributed by atoms with E-state index in [1.807, 2.05) is 11.9 Å². The second kappa shape index (κ2) is 7.08. The molecule has 0 saturated heterocycles. The van der Waals surface area contributed by atoms with Crippen LogP contribution in [0.4, 0.5) is 0 Å². The van der Waals surface area contributed by atoms with Crippen molar-refractivity contribution < 1.29 is 4.79 Å². The van der Waals surface area contributed by atoms with Crippen LogP contribution in [0.3, 0.4) is 0 Å². The van der Waals surface area contributed by atoms with Gasteiger partial charge >= 0.3 is 0 Å². The Morgan fingerprint density at radius 1 is 1.33 bits per heavy atom. The SMILES string of the molecule is CC(C)C(N)CCN(C)C(=O)C1CCc2ccccc2C1. The lowest BCUT2D eigenvalue weighted by Gasteiger charge is -2.29. The van der Waals surface area contributed by atoms with E-state index in [9.17, 15) is 4.79 Å². The molecule has 1 aliphatic rings. The summed E-state index contributed by atoms with van der Waals surface area (Å²) in [6, 6.07) is 8.66. The molecule has 2 N–H and O–H groups in total. The van der Waals surface area contributed by atoms with Gasteiger partial charge in [-0.15, -0.1) is 0 Å². The van der Waals surface area contributed by atoms with E-state index in [1.165, 1.54) is 11.1 Å². The van der Waals surface area contributed by atoms with Gasteiger partial charge in [0.15, 0.2) is 0 Å². The Morgan fingerprint density at radius 2 is 2.00 bits per heavy atom. The van der Waals surface area contributed by atoms with Crippen molar-refractivity contribution in [2.75, 3.05) is 13.6 Å². The molecule has 2 atom stereocenters. The fourth-order valence-corrected chi connectivity index (χ4v) is 3.01. The molecule has 2 rings (SSSR count). The third kappa shape index (κ3) is 4.07. The van der Waals surface area contributed by atoms with Gasteiger partial charge in [-0.25, -0.2) is 0 Å². The standard InChI is InChI=1S/C18H28N2O/c1-13(2)17(19)10-11-20(3)18(21)16-9-8-14-6-4-5-7-15(14)12-16/h4-7,13,16-17H,8-12,19H2,1-3H3. The molecule has 1 amide bonds. The third-order valence-electron chi connectivity index (χ3n) is 4.73. The molecule has 0 heterocycles. The van der Waals surface area contributed by atoms with Crippen molar-refractivity contribution in [1.82, 2.24) is 4.90 Å². The maximum Gasteiger partial charge on any atom is 0.225 e. The van der Waals surface area contributed by atoms with Crippen molar-refractivity contribution in [3.05, 3.63) is 35.4 Å². The van der Waals surface area contributed by atoms with Gasteiger partial charge in [0.2, 0.25) is 5.91 Å². The summed E-state index contributed by atoms with van der Waals surface area (Å²) in [6.45, 7) is 5.02. The molecule has 3 heteroatoms. The van der Waals surface area contributed by atoms with E-state index < -0.39 is 0 Å². The number of fused-ring (bicyclic) bond motifs is 1. The van der Waals surface area contributed by atoms with Crippen LogP contribution in [-0.2, 0) is 17.6 Å². The number of hydrogen-bond acceptors (Lipinski definition) is 2. The van der Waals surface area contributed by atoms with Gasteiger partial charge in [0.05, 0.1) is 0 Å². The van der Waals surface area contributed by atoms with Crippen molar-refractivity contribution in [2.24, 2.45) is 17.6 Å². The molecule has 0 aromatic heterocycles. The summed E-state index contributed by atoms with van der Waals surface area (Å²) in [5, 5.41) is 0. The number of amides is 1. The lowest BCUT2D eigenvalue weighted by molar-refractivity contribution is -0.134. The second-order valence-corrected chi connectivity index (χ2v) is 6.66. The zero-order chi connectivity index (χ0) is 15.4. The summed E-state index contributed by atoms with van der Waals surface area (Å²) in [7, 11) is 1.91. The minimum Gasteiger partial charge on any atom is -0.345 e. The van der Waals surface area contributed by atoms with Crippen molar-refractivity contribution >= 4 is 5.91 Å². The normalized spacial score (nSPS) is 19.2. The molecule has 0 fully saturated rings. The Balaban J connectivity index is 1.89. The molecular formula is C18H28N2O. The smallest absolute Gasteiger partial charge is 0.225 e. The van der Waals surface area contributed by atoms with Gasteiger partial charge in [-0.2, -0.15) is 0 Å². The maximum absolute atomic E-state index is 12.6. The number of nitrogens with two attached hydrogens (primary N) is 1. The first kappa shape index (κ1) is 16.0. The van der Waals surface area contributed by atoms with Crippen LogP contribution in [0.15, 0.2) is 24.3 Å². The second-order valence-electron chi connectivity index (χ2n) is 6.66. The summed E-state index contributed by atoms with van der Waals surface area (Å²) in [4.78, 5) is 14.5. The van der Waals surface area contributed by atoms with Crippen molar-refractivity contribution in [2.45, 2.75) is 45.6 Å². The van der Waals surface area contributed by atoms with Crippen molar-refractivity contribution in [1.29, 1.82) is 0 Å². The number of rotatable bonds is 5. The molecule has 1 aromatic carbocycles. The Bertz CT molecular complexity index is 484. The van der Waals surface area contributed by atoms with E-state index in [0.29, 0.717) is 5.92 Å². The van der Waals surface area contributed by atoms with Crippen LogP contribution in [0, 0.1) is 11.8 Å². The molecule has 3 nitrogen and oxygen atoms in total. The fraction of sp³-hybridized carbons (Fsp3) is 0.611. The predicted octanol–water partition coefficient (Wildman–Crippen LogP) is 2.62. The molecule has 0 saturated carbocycles. The zero-order valence-corrected chi connectivity index (χ0v) is 13.5. The molecular weight excluding hydrogens is 260 g/mol. The number of carbonyl (C=O) groups is 1. The number of carbonyl (C=O) groups excluding carboxylic acids is 1. The monoisotopic (exact) mass is 288 g/mol. The molecule has 2 unspecified atom stereocenters. The average molecular weight is 288 g/mol. The van der Waals surface area contributed by atoms with Gasteiger partial charge in [-0.3, -0.25) is 4.79 Å². The number of nitrogens with zero attached hydrogens (tertiary/aromatic N) is 1. The van der Waals surface area contributed by atoms with Crippen LogP contribution < -0.4 is 5.73 Å². The highest BCUT2D eigenvalue weighted by molar-refractivity contribution is 5.79. The van der Waals surface area contributed by atoms with E-state index in [-0.39, 0.29) is 17.9 Å². The average Bonchev–Trinajstić information content (AvgIpc) is 2.50. The van der Waals surface area contributed by atoms with Gasteiger partial charge in [-0.05, 0) is 42.7 Å². The van der Waals surface area contributed by atoms with Crippen LogP contribution in [0.5, 0.6) is 0 Å². The molecule has 0 bridgehead atoms. The zero-order valence-electron chi connectivity index (χ0n) is 13.5. The van der Waals surface area contributed by atoms with Crippen molar-refractivity contribution in [3.63, 3.8) is 0 Å². The van der Waals surface area contributed by atoms with Crippen molar-refractivity contribution in [3.8, 4) is 0 Å². The minimum atomic E-state index is 0.139. The van der Waals surface area contributed by atoms with E-state index in [0.717, 1.165) is 32.2 Å². The van der Waals surface area contributed by atoms with E-state index >= 15 is 0 Å². The summed E-state index contributed by atoms with van der Waals surface area (Å²) in [5.41, 5.74) is 8.82. The van der Waals surface area contributed by atoms with E-state index in [1.54, 1.807) is 0 Å². The number of hydrogen-bond donors (Lipinski definition) is 1. The van der Waals surface area contributed by atoms with Crippen LogP contribution in [-0.4, -0.2) is 30.4 Å². The molecule has 1 aliphatic carbocycles. The summed E-state index contributed by atoms with van der Waals surface area (Å²) >= 11 is 0. The Morgan fingerprint density at radius 3 is 2.67 bits per heavy atom. The summed E-state index contributed by atoms with van der Waals surface area (Å²) in [5.74, 6) is 0.885. The molecule has 1 aromatic rings. The van der Waals surface area contributed by atoms with Crippen LogP contribution >= 0.6 is 0 Å². The molecule has 0 aliphatic heterocycles. The largest absolute Gasteiger partial charge is 0.345 e. The molecule has 0 spiro atoms. The Hall–Kier alpha value is -1.35. The highest BCUT2D eigenvalue weighted by Gasteiger charge is 2.26. The fourth-order valence-electron chi connectivity index (χ4n) is 3.01. The van der Waals surface area contributed by atoms with Gasteiger partial charge < -0.3 is 10.6 Å². The van der Waals surface area contributed by atoms with E-state index in [4.69, 9.17) is 5.73 Å². The minimum absolute atomic E-state index is 0.139. The summed E-state index contributed by atoms with van der Waals surface area (Å²) in [6.07, 6.45) is 3.75. The molecule has 0 radical (unpaired) electrons. The number of benzene rings is 1. The quantitative estimate of drug-likeness (QED) is 0.905. The third-order valence-corrected chi connectivity index (χ3v) is 4.73. The lowest BCUT2D eigenvalue weighted by Crippen LogP contribution is -2.39. The topological polar surface area (TPSA) is 46.3 Å².